The van der Waals surface area contributed by atoms with Crippen LogP contribution in [0.3, 0.4) is 0 Å². The number of aryl methyl sites for hydroxylation is 1. The normalized spacial score (nSPS) is 12.5. The van der Waals surface area contributed by atoms with E-state index in [9.17, 15) is 9.59 Å². The highest BCUT2D eigenvalue weighted by Gasteiger charge is 2.22. The molecule has 1 amide bonds. The number of nitrogens with one attached hydrogen (secondary N) is 1. The van der Waals surface area contributed by atoms with Gasteiger partial charge in [0.2, 0.25) is 0 Å². The van der Waals surface area contributed by atoms with Gasteiger partial charge in [0, 0.05) is 25.4 Å². The molecule has 0 saturated carbocycles. The van der Waals surface area contributed by atoms with Crippen molar-refractivity contribution in [1.29, 1.82) is 0 Å². The minimum Gasteiger partial charge on any atom is -0.396 e. The van der Waals surface area contributed by atoms with Crippen molar-refractivity contribution >= 4 is 11.7 Å². The average Bonchev–Trinajstić information content (AvgIpc) is 2.85. The molecule has 6 heteroatoms. The molecule has 0 aliphatic carbocycles. The summed E-state index contributed by atoms with van der Waals surface area (Å²) in [6.07, 6.45) is 3.38. The molecule has 106 valence electrons. The first-order valence-electron chi connectivity index (χ1n) is 6.48. The van der Waals surface area contributed by atoms with Gasteiger partial charge in [-0.05, 0) is 19.3 Å². The Morgan fingerprint density at radius 1 is 1.47 bits per heavy atom. The van der Waals surface area contributed by atoms with E-state index in [0.29, 0.717) is 13.0 Å². The van der Waals surface area contributed by atoms with Crippen molar-refractivity contribution in [2.24, 2.45) is 5.92 Å². The lowest BCUT2D eigenvalue weighted by atomic mass is 10.0. The number of aliphatic hydroxyl groups excluding tert-OH is 1. The topological polar surface area (TPSA) is 84.2 Å². The number of hydrogen-bond acceptors (Lipinski definition) is 4. The summed E-state index contributed by atoms with van der Waals surface area (Å²) in [5.41, 5.74) is 0.283. The predicted molar refractivity (Wildman–Crippen MR) is 70.7 cm³/mol. The first-order valence-corrected chi connectivity index (χ1v) is 6.48. The number of carbonyl (C=O) groups excluding carboxylic acids is 2. The molecule has 0 spiro atoms. The summed E-state index contributed by atoms with van der Waals surface area (Å²) in [6, 6.07) is -0.206. The molecule has 0 aromatic carbocycles. The molecular weight excluding hydrogens is 246 g/mol. The lowest BCUT2D eigenvalue weighted by Crippen LogP contribution is -2.42. The SMILES string of the molecule is CCn1cc(C(=O)C(=O)NC(CCO)C(C)C)cn1. The first kappa shape index (κ1) is 15.4. The Morgan fingerprint density at radius 2 is 2.16 bits per heavy atom. The van der Waals surface area contributed by atoms with E-state index in [1.165, 1.54) is 6.20 Å². The van der Waals surface area contributed by atoms with E-state index in [4.69, 9.17) is 5.11 Å². The van der Waals surface area contributed by atoms with Crippen LogP contribution in [0, 0.1) is 5.92 Å². The van der Waals surface area contributed by atoms with Crippen LogP contribution in [-0.2, 0) is 11.3 Å². The van der Waals surface area contributed by atoms with Gasteiger partial charge >= 0.3 is 0 Å². The molecule has 1 heterocycles. The number of hydrogen-bond donors (Lipinski definition) is 2. The fourth-order valence-electron chi connectivity index (χ4n) is 1.73. The summed E-state index contributed by atoms with van der Waals surface area (Å²) in [6.45, 7) is 6.39. The minimum atomic E-state index is -0.650. The Bertz CT molecular complexity index is 440. The van der Waals surface area contributed by atoms with E-state index < -0.39 is 11.7 Å². The van der Waals surface area contributed by atoms with Crippen LogP contribution in [-0.4, -0.2) is 39.2 Å². The number of aromatic nitrogens is 2. The van der Waals surface area contributed by atoms with Crippen molar-refractivity contribution in [3.63, 3.8) is 0 Å². The number of carbonyl (C=O) groups is 2. The van der Waals surface area contributed by atoms with Crippen LogP contribution >= 0.6 is 0 Å². The summed E-state index contributed by atoms with van der Waals surface area (Å²) in [4.78, 5) is 23.8. The molecule has 1 aromatic heterocycles. The third-order valence-electron chi connectivity index (χ3n) is 2.99. The molecule has 0 saturated heterocycles. The Hall–Kier alpha value is -1.69. The number of aliphatic hydroxyl groups is 1. The second-order valence-electron chi connectivity index (χ2n) is 4.75. The largest absolute Gasteiger partial charge is 0.396 e. The zero-order chi connectivity index (χ0) is 14.4. The molecule has 0 bridgehead atoms. The predicted octanol–water partition coefficient (Wildman–Crippen LogP) is 0.609. The highest BCUT2D eigenvalue weighted by molar-refractivity contribution is 6.42. The molecule has 1 atom stereocenters. The molecule has 0 aliphatic rings. The standard InChI is InChI=1S/C13H21N3O3/c1-4-16-8-10(7-14-16)12(18)13(19)15-11(5-6-17)9(2)3/h7-9,11,17H,4-6H2,1-3H3,(H,15,19). The Kier molecular flexibility index (Phi) is 5.69. The molecule has 6 nitrogen and oxygen atoms in total. The molecule has 0 aliphatic heterocycles. The van der Waals surface area contributed by atoms with Gasteiger partial charge in [0.15, 0.2) is 0 Å². The van der Waals surface area contributed by atoms with Gasteiger partial charge in [-0.25, -0.2) is 0 Å². The zero-order valence-corrected chi connectivity index (χ0v) is 11.6. The molecule has 1 rings (SSSR count). The van der Waals surface area contributed by atoms with E-state index in [-0.39, 0.29) is 24.1 Å². The monoisotopic (exact) mass is 267 g/mol. The van der Waals surface area contributed by atoms with Crippen molar-refractivity contribution in [2.75, 3.05) is 6.61 Å². The van der Waals surface area contributed by atoms with E-state index in [1.807, 2.05) is 20.8 Å². The Balaban J connectivity index is 2.68. The molecule has 2 N–H and O–H groups in total. The Morgan fingerprint density at radius 3 is 2.63 bits per heavy atom. The van der Waals surface area contributed by atoms with Crippen LogP contribution in [0.4, 0.5) is 0 Å². The summed E-state index contributed by atoms with van der Waals surface area (Å²) in [5.74, 6) is -1.09. The van der Waals surface area contributed by atoms with Crippen molar-refractivity contribution in [1.82, 2.24) is 15.1 Å². The van der Waals surface area contributed by atoms with Crippen molar-refractivity contribution in [3.05, 3.63) is 18.0 Å². The number of amides is 1. The molecule has 1 aromatic rings. The van der Waals surface area contributed by atoms with E-state index in [2.05, 4.69) is 10.4 Å². The number of ketones is 1. The van der Waals surface area contributed by atoms with Crippen LogP contribution in [0.1, 0.15) is 37.6 Å². The van der Waals surface area contributed by atoms with Gasteiger partial charge in [0.25, 0.3) is 11.7 Å². The van der Waals surface area contributed by atoms with Crippen LogP contribution in [0.25, 0.3) is 0 Å². The minimum absolute atomic E-state index is 0.0227. The fraction of sp³-hybridized carbons (Fsp3) is 0.615. The molecule has 0 radical (unpaired) electrons. The van der Waals surface area contributed by atoms with Gasteiger partial charge in [-0.3, -0.25) is 14.3 Å². The van der Waals surface area contributed by atoms with Gasteiger partial charge in [0.05, 0.1) is 11.8 Å². The quantitative estimate of drug-likeness (QED) is 0.560. The molecular formula is C13H21N3O3. The molecule has 19 heavy (non-hydrogen) atoms. The maximum Gasteiger partial charge on any atom is 0.292 e. The van der Waals surface area contributed by atoms with Gasteiger partial charge in [0.1, 0.15) is 0 Å². The van der Waals surface area contributed by atoms with E-state index in [0.717, 1.165) is 0 Å². The van der Waals surface area contributed by atoms with E-state index in [1.54, 1.807) is 10.9 Å². The smallest absolute Gasteiger partial charge is 0.292 e. The third kappa shape index (κ3) is 4.17. The lowest BCUT2D eigenvalue weighted by molar-refractivity contribution is -0.118. The summed E-state index contributed by atoms with van der Waals surface area (Å²) in [5, 5.41) is 15.6. The van der Waals surface area contributed by atoms with Crippen molar-refractivity contribution in [3.8, 4) is 0 Å². The highest BCUT2D eigenvalue weighted by atomic mass is 16.3. The summed E-state index contributed by atoms with van der Waals surface area (Å²) < 4.78 is 1.59. The summed E-state index contributed by atoms with van der Waals surface area (Å²) >= 11 is 0. The maximum atomic E-state index is 11.9. The average molecular weight is 267 g/mol. The fourth-order valence-corrected chi connectivity index (χ4v) is 1.73. The van der Waals surface area contributed by atoms with Gasteiger partial charge in [-0.1, -0.05) is 13.8 Å². The van der Waals surface area contributed by atoms with Gasteiger partial charge in [-0.2, -0.15) is 5.10 Å². The Labute approximate surface area is 112 Å². The number of rotatable bonds is 7. The van der Waals surface area contributed by atoms with E-state index >= 15 is 0 Å². The van der Waals surface area contributed by atoms with Crippen molar-refractivity contribution in [2.45, 2.75) is 39.8 Å². The maximum absolute atomic E-state index is 11.9. The second-order valence-corrected chi connectivity index (χ2v) is 4.75. The molecule has 1 unspecified atom stereocenters. The lowest BCUT2D eigenvalue weighted by Gasteiger charge is -2.20. The molecule has 0 fully saturated rings. The van der Waals surface area contributed by atoms with Crippen LogP contribution < -0.4 is 5.32 Å². The summed E-state index contributed by atoms with van der Waals surface area (Å²) in [7, 11) is 0. The zero-order valence-electron chi connectivity index (χ0n) is 11.6. The highest BCUT2D eigenvalue weighted by Crippen LogP contribution is 2.07. The van der Waals surface area contributed by atoms with Gasteiger partial charge in [-0.15, -0.1) is 0 Å². The first-order chi connectivity index (χ1) is 8.99. The van der Waals surface area contributed by atoms with Crippen LogP contribution in [0.15, 0.2) is 12.4 Å². The van der Waals surface area contributed by atoms with Gasteiger partial charge < -0.3 is 10.4 Å². The van der Waals surface area contributed by atoms with Crippen LogP contribution in [0.5, 0.6) is 0 Å². The van der Waals surface area contributed by atoms with Crippen LogP contribution in [0.2, 0.25) is 0 Å². The van der Waals surface area contributed by atoms with Crippen molar-refractivity contribution < 1.29 is 14.7 Å². The number of Topliss-reactive ketones (excluding diaryl/α,β-unsaturated/α-hetero) is 1. The third-order valence-corrected chi connectivity index (χ3v) is 2.99. The number of nitrogens with zero attached hydrogens (tertiary/aromatic N) is 2. The second kappa shape index (κ2) is 7.04.